The molecule has 2 aromatic rings. The number of nitrogens with one attached hydrogen (secondary N) is 3. The number of ether oxygens (including phenoxy) is 1. The second-order valence-electron chi connectivity index (χ2n) is 6.47. The molecule has 0 bridgehead atoms. The van der Waals surface area contributed by atoms with Gasteiger partial charge in [-0.15, -0.1) is 0 Å². The molecule has 2 rings (SSSR count). The van der Waals surface area contributed by atoms with Crippen molar-refractivity contribution in [2.24, 2.45) is 0 Å². The van der Waals surface area contributed by atoms with Crippen molar-refractivity contribution in [1.82, 2.24) is 0 Å². The van der Waals surface area contributed by atoms with E-state index in [1.807, 2.05) is 45.0 Å². The fraction of sp³-hybridized carbons (Fsp3) is 0.333. The van der Waals surface area contributed by atoms with Gasteiger partial charge in [0.2, 0.25) is 11.8 Å². The van der Waals surface area contributed by atoms with Gasteiger partial charge in [0.25, 0.3) is 0 Å². The van der Waals surface area contributed by atoms with Crippen molar-refractivity contribution in [3.63, 3.8) is 0 Å². The van der Waals surface area contributed by atoms with E-state index >= 15 is 0 Å². The third-order valence-electron chi connectivity index (χ3n) is 3.59. The summed E-state index contributed by atoms with van der Waals surface area (Å²) >= 11 is 0. The molecule has 27 heavy (non-hydrogen) atoms. The number of benzene rings is 2. The largest absolute Gasteiger partial charge is 0.491 e. The van der Waals surface area contributed by atoms with Crippen LogP contribution in [-0.4, -0.2) is 24.5 Å². The molecule has 144 valence electrons. The molecule has 0 aromatic heterocycles. The van der Waals surface area contributed by atoms with Gasteiger partial charge in [-0.25, -0.2) is 0 Å². The average molecular weight is 369 g/mol. The number of amides is 2. The lowest BCUT2D eigenvalue weighted by Crippen LogP contribution is -2.21. The third kappa shape index (κ3) is 7.40. The molecule has 0 radical (unpaired) electrons. The first kappa shape index (κ1) is 20.3. The topological polar surface area (TPSA) is 79.5 Å². The molecule has 0 saturated heterocycles. The van der Waals surface area contributed by atoms with Crippen molar-refractivity contribution >= 4 is 28.9 Å². The predicted molar refractivity (Wildman–Crippen MR) is 109 cm³/mol. The van der Waals surface area contributed by atoms with Crippen molar-refractivity contribution in [2.75, 3.05) is 22.5 Å². The third-order valence-corrected chi connectivity index (χ3v) is 3.59. The van der Waals surface area contributed by atoms with E-state index in [4.69, 9.17) is 4.74 Å². The van der Waals surface area contributed by atoms with Crippen LogP contribution in [0.5, 0.6) is 5.75 Å². The standard InChI is InChI=1S/C21H27N3O3/c1-4-6-20(25)23-17-7-5-8-18(13-17)24-21(26)14-22-16-9-11-19(12-10-16)27-15(2)3/h5,7-13,15,22H,4,6,14H2,1-3H3,(H,23,25)(H,24,26). The molecular formula is C21H27N3O3. The first-order valence-electron chi connectivity index (χ1n) is 9.16. The van der Waals surface area contributed by atoms with Crippen molar-refractivity contribution in [3.05, 3.63) is 48.5 Å². The van der Waals surface area contributed by atoms with E-state index in [-0.39, 0.29) is 24.5 Å². The summed E-state index contributed by atoms with van der Waals surface area (Å²) in [5.41, 5.74) is 2.14. The van der Waals surface area contributed by atoms with Crippen LogP contribution in [-0.2, 0) is 9.59 Å². The minimum absolute atomic E-state index is 0.0347. The van der Waals surface area contributed by atoms with Crippen LogP contribution >= 0.6 is 0 Å². The summed E-state index contributed by atoms with van der Waals surface area (Å²) < 4.78 is 5.59. The molecule has 0 aliphatic carbocycles. The first-order chi connectivity index (χ1) is 13.0. The van der Waals surface area contributed by atoms with E-state index in [2.05, 4.69) is 16.0 Å². The molecule has 2 aromatic carbocycles. The van der Waals surface area contributed by atoms with Crippen molar-refractivity contribution < 1.29 is 14.3 Å². The summed E-state index contributed by atoms with van der Waals surface area (Å²) in [7, 11) is 0. The van der Waals surface area contributed by atoms with Crippen LogP contribution in [0.25, 0.3) is 0 Å². The van der Waals surface area contributed by atoms with Crippen molar-refractivity contribution in [2.45, 2.75) is 39.7 Å². The van der Waals surface area contributed by atoms with Gasteiger partial charge in [-0.05, 0) is 62.7 Å². The lowest BCUT2D eigenvalue weighted by atomic mass is 10.2. The Hall–Kier alpha value is -3.02. The molecule has 6 nitrogen and oxygen atoms in total. The molecule has 0 unspecified atom stereocenters. The smallest absolute Gasteiger partial charge is 0.243 e. The quantitative estimate of drug-likeness (QED) is 0.617. The summed E-state index contributed by atoms with van der Waals surface area (Å²) in [5.74, 6) is 0.587. The molecule has 0 spiro atoms. The normalized spacial score (nSPS) is 10.4. The summed E-state index contributed by atoms with van der Waals surface area (Å²) in [6, 6.07) is 14.6. The van der Waals surface area contributed by atoms with Crippen molar-refractivity contribution in [1.29, 1.82) is 0 Å². The van der Waals surface area contributed by atoms with Crippen LogP contribution in [0.3, 0.4) is 0 Å². The maximum absolute atomic E-state index is 12.1. The maximum Gasteiger partial charge on any atom is 0.243 e. The van der Waals surface area contributed by atoms with Crippen LogP contribution in [0.4, 0.5) is 17.1 Å². The highest BCUT2D eigenvalue weighted by Crippen LogP contribution is 2.17. The Morgan fingerprint density at radius 1 is 0.926 bits per heavy atom. The minimum Gasteiger partial charge on any atom is -0.491 e. The van der Waals surface area contributed by atoms with Gasteiger partial charge in [-0.3, -0.25) is 9.59 Å². The van der Waals surface area contributed by atoms with E-state index in [0.717, 1.165) is 17.9 Å². The van der Waals surface area contributed by atoms with Crippen LogP contribution in [0.15, 0.2) is 48.5 Å². The number of rotatable bonds is 9. The first-order valence-corrected chi connectivity index (χ1v) is 9.16. The summed E-state index contributed by atoms with van der Waals surface area (Å²) in [4.78, 5) is 23.8. The zero-order valence-electron chi connectivity index (χ0n) is 16.0. The number of anilines is 3. The number of carbonyl (C=O) groups excluding carboxylic acids is 2. The zero-order chi connectivity index (χ0) is 19.6. The highest BCUT2D eigenvalue weighted by molar-refractivity contribution is 5.95. The lowest BCUT2D eigenvalue weighted by Gasteiger charge is -2.12. The second-order valence-corrected chi connectivity index (χ2v) is 6.47. The second kappa shape index (κ2) is 10.2. The SMILES string of the molecule is CCCC(=O)Nc1cccc(NC(=O)CNc2ccc(OC(C)C)cc2)c1. The Kier molecular flexibility index (Phi) is 7.67. The summed E-state index contributed by atoms with van der Waals surface area (Å²) in [6.45, 7) is 6.03. The molecule has 3 N–H and O–H groups in total. The van der Waals surface area contributed by atoms with E-state index in [1.54, 1.807) is 24.3 Å². The highest BCUT2D eigenvalue weighted by Gasteiger charge is 2.05. The fourth-order valence-corrected chi connectivity index (χ4v) is 2.44. The molecule has 0 aliphatic heterocycles. The van der Waals surface area contributed by atoms with Gasteiger partial charge in [0, 0.05) is 23.5 Å². The Balaban J connectivity index is 1.84. The van der Waals surface area contributed by atoms with Gasteiger partial charge < -0.3 is 20.7 Å². The molecular weight excluding hydrogens is 342 g/mol. The minimum atomic E-state index is -0.172. The molecule has 0 atom stereocenters. The van der Waals surface area contributed by atoms with E-state index in [0.29, 0.717) is 17.8 Å². The van der Waals surface area contributed by atoms with Gasteiger partial charge in [0.05, 0.1) is 12.6 Å². The fourth-order valence-electron chi connectivity index (χ4n) is 2.44. The molecule has 0 fully saturated rings. The number of hydrogen-bond donors (Lipinski definition) is 3. The van der Waals surface area contributed by atoms with Crippen LogP contribution < -0.4 is 20.7 Å². The van der Waals surface area contributed by atoms with Gasteiger partial charge in [-0.1, -0.05) is 13.0 Å². The Morgan fingerprint density at radius 3 is 2.15 bits per heavy atom. The lowest BCUT2D eigenvalue weighted by molar-refractivity contribution is -0.116. The van der Waals surface area contributed by atoms with Gasteiger partial charge in [0.1, 0.15) is 5.75 Å². The highest BCUT2D eigenvalue weighted by atomic mass is 16.5. The number of hydrogen-bond acceptors (Lipinski definition) is 4. The van der Waals surface area contributed by atoms with Crippen molar-refractivity contribution in [3.8, 4) is 5.75 Å². The van der Waals surface area contributed by atoms with Crippen LogP contribution in [0.1, 0.15) is 33.6 Å². The monoisotopic (exact) mass is 369 g/mol. The Morgan fingerprint density at radius 2 is 1.56 bits per heavy atom. The molecule has 6 heteroatoms. The molecule has 0 saturated carbocycles. The van der Waals surface area contributed by atoms with E-state index in [1.165, 1.54) is 0 Å². The summed E-state index contributed by atoms with van der Waals surface area (Å²) in [6.07, 6.45) is 1.39. The molecule has 0 aliphatic rings. The van der Waals surface area contributed by atoms with Crippen LogP contribution in [0.2, 0.25) is 0 Å². The number of carbonyl (C=O) groups is 2. The van der Waals surface area contributed by atoms with E-state index in [9.17, 15) is 9.59 Å². The molecule has 0 heterocycles. The van der Waals surface area contributed by atoms with Gasteiger partial charge in [-0.2, -0.15) is 0 Å². The van der Waals surface area contributed by atoms with E-state index < -0.39 is 0 Å². The van der Waals surface area contributed by atoms with Crippen LogP contribution in [0, 0.1) is 0 Å². The maximum atomic E-state index is 12.1. The van der Waals surface area contributed by atoms with Gasteiger partial charge in [0.15, 0.2) is 0 Å². The van der Waals surface area contributed by atoms with Gasteiger partial charge >= 0.3 is 0 Å². The predicted octanol–water partition coefficient (Wildman–Crippen LogP) is 4.26. The Bertz CT molecular complexity index is 758. The molecule has 2 amide bonds. The average Bonchev–Trinajstić information content (AvgIpc) is 2.61. The summed E-state index contributed by atoms with van der Waals surface area (Å²) in [5, 5.41) is 8.70. The zero-order valence-corrected chi connectivity index (χ0v) is 16.0. The Labute approximate surface area is 160 Å².